The van der Waals surface area contributed by atoms with Crippen LogP contribution in [0.1, 0.15) is 41.6 Å². The topological polar surface area (TPSA) is 45.7 Å². The number of furan rings is 1. The van der Waals surface area contributed by atoms with E-state index in [1.165, 1.54) is 0 Å². The third-order valence-corrected chi connectivity index (χ3v) is 8.59. The van der Waals surface area contributed by atoms with Crippen molar-refractivity contribution in [3.63, 3.8) is 0 Å². The lowest BCUT2D eigenvalue weighted by molar-refractivity contribution is -0.633. The summed E-state index contributed by atoms with van der Waals surface area (Å²) >= 11 is 0. The zero-order valence-corrected chi connectivity index (χ0v) is 24.5. The van der Waals surface area contributed by atoms with Crippen molar-refractivity contribution in [2.45, 2.75) is 33.5 Å². The fraction of sp³-hybridized carbons (Fsp3) is 0.179. The Morgan fingerprint density at radius 3 is 2.33 bits per heavy atom. The van der Waals surface area contributed by atoms with Gasteiger partial charge in [0.2, 0.25) is 0 Å². The lowest BCUT2D eigenvalue weighted by Crippen LogP contribution is -2.30. The first-order valence-electron chi connectivity index (χ1n) is 16.5. The number of fused-ring (bicyclic) bond motifs is 5. The van der Waals surface area contributed by atoms with Crippen LogP contribution >= 0.6 is 0 Å². The van der Waals surface area contributed by atoms with Crippen molar-refractivity contribution in [3.05, 3.63) is 119 Å². The van der Waals surface area contributed by atoms with E-state index in [-0.39, 0.29) is 0 Å². The Morgan fingerprint density at radius 2 is 1.53 bits per heavy atom. The molecule has 0 radical (unpaired) electrons. The van der Waals surface area contributed by atoms with Crippen molar-refractivity contribution in [2.75, 3.05) is 0 Å². The highest BCUT2D eigenvalue weighted by Crippen LogP contribution is 2.44. The third kappa shape index (κ3) is 3.78. The van der Waals surface area contributed by atoms with Gasteiger partial charge in [-0.3, -0.25) is 0 Å². The monoisotopic (exact) mass is 562 g/mol. The van der Waals surface area contributed by atoms with Crippen LogP contribution in [0.3, 0.4) is 0 Å². The maximum atomic E-state index is 10.3. The van der Waals surface area contributed by atoms with Crippen molar-refractivity contribution < 1.29 is 14.5 Å². The predicted molar refractivity (Wildman–Crippen MR) is 173 cm³/mol. The highest BCUT2D eigenvalue weighted by molar-refractivity contribution is 6.14. The number of para-hydroxylation sites is 3. The van der Waals surface area contributed by atoms with Crippen LogP contribution in [0.4, 0.5) is 0 Å². The number of benzene rings is 5. The molecule has 208 valence electrons. The summed E-state index contributed by atoms with van der Waals surface area (Å²) in [4.78, 5) is 0. The zero-order valence-electron chi connectivity index (χ0n) is 28.5. The first kappa shape index (κ1) is 21.5. The zero-order chi connectivity index (χ0) is 33.0. The summed E-state index contributed by atoms with van der Waals surface area (Å²) in [5.41, 5.74) is 7.30. The molecule has 0 atom stereocenters. The van der Waals surface area contributed by atoms with Crippen molar-refractivity contribution in [3.8, 4) is 34.3 Å². The average Bonchev–Trinajstić information content (AvgIpc) is 3.61. The molecule has 5 aromatic carbocycles. The maximum absolute atomic E-state index is 10.3. The molecular formula is C39H32N3O+. The fourth-order valence-corrected chi connectivity index (χ4v) is 6.71. The van der Waals surface area contributed by atoms with Gasteiger partial charge in [-0.2, -0.15) is 9.83 Å². The van der Waals surface area contributed by atoms with Gasteiger partial charge >= 0.3 is 0 Å². The van der Waals surface area contributed by atoms with E-state index >= 15 is 0 Å². The summed E-state index contributed by atoms with van der Waals surface area (Å²) in [5.74, 6) is 0.955. The molecule has 0 amide bonds. The molecular weight excluding hydrogens is 526 g/mol. The molecule has 43 heavy (non-hydrogen) atoms. The molecule has 8 rings (SSSR count). The van der Waals surface area contributed by atoms with Gasteiger partial charge in [-0.25, -0.2) is 4.57 Å². The van der Waals surface area contributed by atoms with Gasteiger partial charge in [0.05, 0.1) is 18.7 Å². The highest BCUT2D eigenvalue weighted by atomic mass is 16.3. The Morgan fingerprint density at radius 1 is 0.837 bits per heavy atom. The lowest BCUT2D eigenvalue weighted by Gasteiger charge is -2.14. The van der Waals surface area contributed by atoms with Crippen molar-refractivity contribution >= 4 is 33.0 Å². The molecule has 1 aliphatic carbocycles. The number of nitriles is 1. The molecule has 2 heterocycles. The first-order chi connectivity index (χ1) is 22.4. The molecule has 0 N–H and O–H groups in total. The smallest absolute Gasteiger partial charge is 0.298 e. The first-order valence-corrected chi connectivity index (χ1v) is 14.5. The molecule has 0 saturated carbocycles. The van der Waals surface area contributed by atoms with Crippen molar-refractivity contribution in [1.29, 1.82) is 5.26 Å². The molecule has 0 saturated heterocycles. The van der Waals surface area contributed by atoms with Crippen LogP contribution in [0, 0.1) is 23.7 Å². The van der Waals surface area contributed by atoms with E-state index in [1.807, 2.05) is 36.4 Å². The Bertz CT molecular complexity index is 2480. The molecule has 7 aromatic rings. The van der Waals surface area contributed by atoms with Crippen LogP contribution in [-0.4, -0.2) is 4.57 Å². The lowest BCUT2D eigenvalue weighted by atomic mass is 9.90. The summed E-state index contributed by atoms with van der Waals surface area (Å²) in [6.45, 7) is 5.34. The van der Waals surface area contributed by atoms with Crippen LogP contribution in [0.2, 0.25) is 0 Å². The van der Waals surface area contributed by atoms with Crippen molar-refractivity contribution in [1.82, 2.24) is 4.57 Å². The van der Waals surface area contributed by atoms with Gasteiger partial charge in [-0.05, 0) is 83.7 Å². The van der Waals surface area contributed by atoms with Gasteiger partial charge in [-0.1, -0.05) is 74.5 Å². The van der Waals surface area contributed by atoms with E-state index in [1.54, 1.807) is 38.1 Å². The fourth-order valence-electron chi connectivity index (χ4n) is 6.71. The van der Waals surface area contributed by atoms with E-state index in [0.29, 0.717) is 39.0 Å². The second kappa shape index (κ2) is 9.18. The van der Waals surface area contributed by atoms with Gasteiger partial charge in [-0.15, -0.1) is 0 Å². The molecule has 2 aromatic heterocycles. The number of aryl methyl sites for hydroxylation is 2. The normalized spacial score (nSPS) is 17.7. The largest absolute Gasteiger partial charge is 0.454 e. The summed E-state index contributed by atoms with van der Waals surface area (Å²) in [7, 11) is 2.07. The summed E-state index contributed by atoms with van der Waals surface area (Å²) in [6.07, 6.45) is -3.80. The number of nitrogens with zero attached hydrogens (tertiary/aromatic N) is 3. The molecule has 4 heteroatoms. The average molecular weight is 563 g/mol. The number of hydrogen-bond donors (Lipinski definition) is 0. The minimum absolute atomic E-state index is 0.304. The minimum atomic E-state index is -1.93. The minimum Gasteiger partial charge on any atom is -0.454 e. The van der Waals surface area contributed by atoms with Crippen LogP contribution in [0.5, 0.6) is 0 Å². The van der Waals surface area contributed by atoms with Gasteiger partial charge in [0.25, 0.3) is 5.82 Å². The molecule has 0 fully saturated rings. The van der Waals surface area contributed by atoms with Crippen LogP contribution in [0.15, 0.2) is 101 Å². The van der Waals surface area contributed by atoms with E-state index in [4.69, 9.17) is 9.90 Å². The molecule has 0 aliphatic heterocycles. The second-order valence-electron chi connectivity index (χ2n) is 11.9. The molecule has 1 aliphatic rings. The summed E-state index contributed by atoms with van der Waals surface area (Å²) in [6, 6.07) is 33.9. The van der Waals surface area contributed by atoms with Gasteiger partial charge < -0.3 is 4.42 Å². The van der Waals surface area contributed by atoms with Gasteiger partial charge in [0, 0.05) is 21.8 Å². The van der Waals surface area contributed by atoms with E-state index in [2.05, 4.69) is 65.6 Å². The van der Waals surface area contributed by atoms with Gasteiger partial charge in [0.15, 0.2) is 16.6 Å². The molecule has 0 unspecified atom stereocenters. The Kier molecular flexibility index (Phi) is 4.60. The maximum Gasteiger partial charge on any atom is 0.298 e. The van der Waals surface area contributed by atoms with E-state index in [0.717, 1.165) is 44.4 Å². The number of hydrogen-bond acceptors (Lipinski definition) is 2. The third-order valence-electron chi connectivity index (χ3n) is 8.59. The van der Waals surface area contributed by atoms with Gasteiger partial charge in [0.1, 0.15) is 16.8 Å². The van der Waals surface area contributed by atoms with E-state index in [9.17, 15) is 5.26 Å². The number of aromatic nitrogens is 2. The quantitative estimate of drug-likeness (QED) is 0.202. The molecule has 0 bridgehead atoms. The molecule has 4 nitrogen and oxygen atoms in total. The van der Waals surface area contributed by atoms with Crippen LogP contribution < -0.4 is 4.57 Å². The Labute approximate surface area is 256 Å². The van der Waals surface area contributed by atoms with E-state index < -0.39 is 18.2 Å². The summed E-state index contributed by atoms with van der Waals surface area (Å²) in [5, 5.41) is 12.1. The van der Waals surface area contributed by atoms with Crippen LogP contribution in [-0.2, 0) is 19.8 Å². The summed E-state index contributed by atoms with van der Waals surface area (Å²) < 4.78 is 46.9. The highest BCUT2D eigenvalue weighted by Gasteiger charge is 2.32. The Hall–Kier alpha value is -5.14. The number of imidazole rings is 1. The van der Waals surface area contributed by atoms with Crippen LogP contribution in [0.25, 0.3) is 61.2 Å². The predicted octanol–water partition coefficient (Wildman–Crippen LogP) is 8.99. The standard InChI is InChI=1S/C39H32N3O/c1-24-14-18-30-31-19-17-27(23-40)35(25-15-16-26-21-39(2,3)22-28(26)20-25)37(31)43-36(30)34(24)38-41(4)32-12-8-9-13-33(32)42(38)29-10-6-5-7-11-29/h5-20H,21-22H2,1-4H3/q+1/i21D2,22D2. The Balaban J connectivity index is 1.45. The molecule has 0 spiro atoms. The second-order valence-corrected chi connectivity index (χ2v) is 11.9. The SMILES string of the molecule is [2H]C1([2H])c2ccc(-c3c(C#N)ccc4c3oc3c(-c5n(-c6ccccc6)c6ccccc6[n+]5C)c(C)ccc34)cc2C([2H])([2H])C1(C)C. The number of rotatable bonds is 3. The van der Waals surface area contributed by atoms with Crippen molar-refractivity contribution in [2.24, 2.45) is 12.5 Å².